The molecule has 0 spiro atoms. The van der Waals surface area contributed by atoms with E-state index in [1.165, 1.54) is 12.2 Å². The van der Waals surface area contributed by atoms with Gasteiger partial charge in [-0.3, -0.25) is 0 Å². The highest BCUT2D eigenvalue weighted by molar-refractivity contribution is 6.45. The maximum Gasteiger partial charge on any atom is 0.518 e. The first-order valence-electron chi connectivity index (χ1n) is 3.29. The summed E-state index contributed by atoms with van der Waals surface area (Å²) in [4.78, 5) is 9.20. The van der Waals surface area contributed by atoms with Gasteiger partial charge in [0, 0.05) is 0 Å². The zero-order valence-corrected chi connectivity index (χ0v) is 9.72. The molecule has 0 fully saturated rings. The third kappa shape index (κ3) is 9.99. The summed E-state index contributed by atoms with van der Waals surface area (Å²) in [6.45, 7) is 0. The van der Waals surface area contributed by atoms with Crippen LogP contribution in [-0.4, -0.2) is 15.8 Å². The largest absolute Gasteiger partial charge is 0.518 e. The van der Waals surface area contributed by atoms with Crippen molar-refractivity contribution in [3.05, 3.63) is 24.7 Å². The molecule has 0 unspecified atom stereocenters. The smallest absolute Gasteiger partial charge is 0.403 e. The molecule has 0 heterocycles. The Balaban J connectivity index is 3.66. The van der Waals surface area contributed by atoms with Gasteiger partial charge in [-0.1, -0.05) is 0 Å². The number of allylic oxidation sites excluding steroid dienone is 2. The van der Waals surface area contributed by atoms with E-state index < -0.39 is 15.8 Å². The van der Waals surface area contributed by atoms with Crippen LogP contribution >= 0.6 is 46.4 Å². The van der Waals surface area contributed by atoms with Crippen LogP contribution in [0.2, 0.25) is 0 Å². The van der Waals surface area contributed by atoms with Gasteiger partial charge >= 0.3 is 6.16 Å². The Hall–Kier alpha value is -0.0900. The molecule has 0 amide bonds. The third-order valence-corrected chi connectivity index (χ3v) is 1.36. The zero-order chi connectivity index (χ0) is 11.0. The number of rotatable bonds is 4. The van der Waals surface area contributed by atoms with Gasteiger partial charge in [0.1, 0.15) is 9.67 Å². The SMILES string of the molecule is O=C(OC=CC(Cl)Cl)OC=CC(Cl)Cl. The second kappa shape index (κ2) is 8.24. The third-order valence-electron chi connectivity index (χ3n) is 0.777. The van der Waals surface area contributed by atoms with Gasteiger partial charge in [-0.2, -0.15) is 0 Å². The van der Waals surface area contributed by atoms with Crippen LogP contribution in [0.25, 0.3) is 0 Å². The van der Waals surface area contributed by atoms with Crippen LogP contribution in [0.5, 0.6) is 0 Å². The Bertz CT molecular complexity index is 203. The second-order valence-corrected chi connectivity index (χ2v) is 4.14. The lowest BCUT2D eigenvalue weighted by Gasteiger charge is -1.96. The number of ether oxygens (including phenoxy) is 2. The zero-order valence-electron chi connectivity index (χ0n) is 6.70. The Morgan fingerprint density at radius 3 is 1.57 bits per heavy atom. The van der Waals surface area contributed by atoms with Crippen molar-refractivity contribution in [1.29, 1.82) is 0 Å². The van der Waals surface area contributed by atoms with Crippen molar-refractivity contribution >= 4 is 52.6 Å². The van der Waals surface area contributed by atoms with Gasteiger partial charge in [0.25, 0.3) is 0 Å². The molecule has 0 aliphatic rings. The molecule has 0 saturated carbocycles. The van der Waals surface area contributed by atoms with Crippen molar-refractivity contribution in [2.24, 2.45) is 0 Å². The molecule has 0 radical (unpaired) electrons. The monoisotopic (exact) mass is 278 g/mol. The minimum atomic E-state index is -0.944. The second-order valence-electron chi connectivity index (χ2n) is 1.81. The molecule has 0 aromatic heterocycles. The van der Waals surface area contributed by atoms with Crippen LogP contribution in [0.1, 0.15) is 0 Å². The standard InChI is InChI=1S/C7H6Cl4O3/c8-5(9)1-3-13-7(12)14-4-2-6(10)11/h1-6H. The maximum atomic E-state index is 10.7. The first-order valence-corrected chi connectivity index (χ1v) is 5.04. The highest BCUT2D eigenvalue weighted by Crippen LogP contribution is 2.04. The van der Waals surface area contributed by atoms with E-state index in [1.54, 1.807) is 0 Å². The number of hydrogen-bond donors (Lipinski definition) is 0. The van der Waals surface area contributed by atoms with Crippen molar-refractivity contribution in [1.82, 2.24) is 0 Å². The van der Waals surface area contributed by atoms with Gasteiger partial charge in [-0.15, -0.1) is 46.4 Å². The van der Waals surface area contributed by atoms with E-state index in [2.05, 4.69) is 9.47 Å². The first kappa shape index (κ1) is 13.9. The fourth-order valence-corrected chi connectivity index (χ4v) is 0.574. The first-order chi connectivity index (χ1) is 6.52. The average Bonchev–Trinajstić information content (AvgIpc) is 2.02. The van der Waals surface area contributed by atoms with E-state index in [1.807, 2.05) is 0 Å². The van der Waals surface area contributed by atoms with Gasteiger partial charge < -0.3 is 9.47 Å². The molecule has 0 atom stereocenters. The predicted molar refractivity (Wildman–Crippen MR) is 56.8 cm³/mol. The summed E-state index contributed by atoms with van der Waals surface area (Å²) in [6.07, 6.45) is 3.58. The number of hydrogen-bond acceptors (Lipinski definition) is 3. The van der Waals surface area contributed by atoms with E-state index in [4.69, 9.17) is 46.4 Å². The van der Waals surface area contributed by atoms with Crippen LogP contribution in [-0.2, 0) is 9.47 Å². The summed E-state index contributed by atoms with van der Waals surface area (Å²) in [5, 5.41) is 0. The summed E-state index contributed by atoms with van der Waals surface area (Å²) in [7, 11) is 0. The van der Waals surface area contributed by atoms with E-state index in [-0.39, 0.29) is 0 Å². The van der Waals surface area contributed by atoms with Crippen molar-refractivity contribution in [3.8, 4) is 0 Å². The van der Waals surface area contributed by atoms with Crippen molar-refractivity contribution < 1.29 is 14.3 Å². The number of carbonyl (C=O) groups excluding carboxylic acids is 1. The molecule has 14 heavy (non-hydrogen) atoms. The van der Waals surface area contributed by atoms with Crippen LogP contribution in [0, 0.1) is 0 Å². The molecule has 0 bridgehead atoms. The highest BCUT2D eigenvalue weighted by Gasteiger charge is 1.99. The van der Waals surface area contributed by atoms with Gasteiger partial charge in [0.15, 0.2) is 0 Å². The van der Waals surface area contributed by atoms with Gasteiger partial charge in [-0.25, -0.2) is 4.79 Å². The quantitative estimate of drug-likeness (QED) is 0.446. The Morgan fingerprint density at radius 1 is 0.929 bits per heavy atom. The lowest BCUT2D eigenvalue weighted by molar-refractivity contribution is 0.119. The van der Waals surface area contributed by atoms with E-state index in [0.717, 1.165) is 12.5 Å². The molecule has 80 valence electrons. The molecule has 7 heteroatoms. The Labute approximate surface area is 101 Å². The van der Waals surface area contributed by atoms with Gasteiger partial charge in [-0.05, 0) is 12.2 Å². The van der Waals surface area contributed by atoms with Crippen molar-refractivity contribution in [2.75, 3.05) is 0 Å². The van der Waals surface area contributed by atoms with Crippen LogP contribution in [0.4, 0.5) is 4.79 Å². The molecule has 0 saturated heterocycles. The molecule has 0 aliphatic carbocycles. The fourth-order valence-electron chi connectivity index (χ4n) is 0.336. The summed E-state index contributed by atoms with van der Waals surface area (Å²) >= 11 is 21.2. The summed E-state index contributed by atoms with van der Waals surface area (Å²) in [6, 6.07) is 0. The minimum Gasteiger partial charge on any atom is -0.403 e. The predicted octanol–water partition coefficient (Wildman–Crippen LogP) is 3.77. The van der Waals surface area contributed by atoms with Gasteiger partial charge in [0.05, 0.1) is 12.5 Å². The van der Waals surface area contributed by atoms with Crippen LogP contribution < -0.4 is 0 Å². The summed E-state index contributed by atoms with van der Waals surface area (Å²) in [5.74, 6) is 0. The topological polar surface area (TPSA) is 35.5 Å². The Kier molecular flexibility index (Phi) is 8.18. The number of alkyl halides is 4. The molecule has 0 aliphatic heterocycles. The molecule has 3 nitrogen and oxygen atoms in total. The average molecular weight is 280 g/mol. The molecule has 0 N–H and O–H groups in total. The molecule has 0 aromatic carbocycles. The van der Waals surface area contributed by atoms with Crippen molar-refractivity contribution in [2.45, 2.75) is 9.67 Å². The number of carbonyl (C=O) groups is 1. The van der Waals surface area contributed by atoms with Crippen molar-refractivity contribution in [3.63, 3.8) is 0 Å². The van der Waals surface area contributed by atoms with Gasteiger partial charge in [0.2, 0.25) is 0 Å². The van der Waals surface area contributed by atoms with E-state index in [9.17, 15) is 4.79 Å². The minimum absolute atomic E-state index is 0.742. The normalized spacial score (nSPS) is 11.9. The summed E-state index contributed by atoms with van der Waals surface area (Å²) < 4.78 is 8.77. The molecular formula is C7H6Cl4O3. The summed E-state index contributed by atoms with van der Waals surface area (Å²) in [5.41, 5.74) is 0. The van der Waals surface area contributed by atoms with E-state index in [0.29, 0.717) is 0 Å². The van der Waals surface area contributed by atoms with Crippen LogP contribution in [0.3, 0.4) is 0 Å². The van der Waals surface area contributed by atoms with Crippen LogP contribution in [0.15, 0.2) is 24.7 Å². The highest BCUT2D eigenvalue weighted by atomic mass is 35.5. The lowest BCUT2D eigenvalue weighted by Crippen LogP contribution is -1.98. The number of halogens is 4. The maximum absolute atomic E-state index is 10.7. The van der Waals surface area contributed by atoms with E-state index >= 15 is 0 Å². The molecule has 0 aromatic rings. The lowest BCUT2D eigenvalue weighted by atomic mass is 10.7. The Morgan fingerprint density at radius 2 is 1.29 bits per heavy atom. The fraction of sp³-hybridized carbons (Fsp3) is 0.286. The molecule has 0 rings (SSSR count). The molecular weight excluding hydrogens is 274 g/mol.